The first kappa shape index (κ1) is 24.3. The van der Waals surface area contributed by atoms with Crippen molar-refractivity contribution in [1.82, 2.24) is 4.98 Å². The summed E-state index contributed by atoms with van der Waals surface area (Å²) in [7, 11) is 0. The Hall–Kier alpha value is -3.31. The predicted octanol–water partition coefficient (Wildman–Crippen LogP) is 5.83. The first-order valence-corrected chi connectivity index (χ1v) is 11.4. The number of pyridine rings is 1. The van der Waals surface area contributed by atoms with Crippen LogP contribution >= 0.6 is 0 Å². The van der Waals surface area contributed by atoms with Gasteiger partial charge in [0.25, 0.3) is 0 Å². The minimum absolute atomic E-state index is 0.111. The van der Waals surface area contributed by atoms with Gasteiger partial charge in [0, 0.05) is 25.0 Å². The van der Waals surface area contributed by atoms with Crippen LogP contribution in [-0.2, 0) is 11.8 Å². The summed E-state index contributed by atoms with van der Waals surface area (Å²) in [6, 6.07) is 21.3. The lowest BCUT2D eigenvalue weighted by Crippen LogP contribution is -2.22. The van der Waals surface area contributed by atoms with Crippen molar-refractivity contribution in [3.8, 4) is 11.3 Å². The monoisotopic (exact) mass is 441 g/mol. The second kappa shape index (κ2) is 11.0. The van der Waals surface area contributed by atoms with E-state index in [9.17, 15) is 0 Å². The van der Waals surface area contributed by atoms with Crippen LogP contribution in [0.25, 0.3) is 11.3 Å². The van der Waals surface area contributed by atoms with Crippen LogP contribution in [0.4, 0.5) is 5.69 Å². The van der Waals surface area contributed by atoms with E-state index in [-0.39, 0.29) is 5.41 Å². The number of hydrazone groups is 1. The molecule has 0 bridgehead atoms. The molecule has 1 aromatic heterocycles. The molecular formula is C28H35N5. The third kappa shape index (κ3) is 6.59. The van der Waals surface area contributed by atoms with Crippen molar-refractivity contribution < 1.29 is 0 Å². The van der Waals surface area contributed by atoms with Crippen LogP contribution in [0.3, 0.4) is 0 Å². The molecule has 0 aliphatic rings. The van der Waals surface area contributed by atoms with Crippen molar-refractivity contribution in [2.75, 3.05) is 18.1 Å². The van der Waals surface area contributed by atoms with Crippen LogP contribution < -0.4 is 10.7 Å². The molecule has 5 nitrogen and oxygen atoms in total. The van der Waals surface area contributed by atoms with Gasteiger partial charge >= 0.3 is 0 Å². The molecule has 1 heterocycles. The average Bonchev–Trinajstić information content (AvgIpc) is 2.81. The van der Waals surface area contributed by atoms with E-state index in [0.717, 1.165) is 35.6 Å². The average molecular weight is 442 g/mol. The summed E-state index contributed by atoms with van der Waals surface area (Å²) in [5, 5.41) is 5.88. The Morgan fingerprint density at radius 1 is 0.970 bits per heavy atom. The number of nitrogens with two attached hydrogens (primary N) is 1. The molecule has 172 valence electrons. The number of aliphatic imine (C=N–C) groups is 1. The van der Waals surface area contributed by atoms with Crippen LogP contribution in [-0.4, -0.2) is 30.6 Å². The number of aromatic nitrogens is 1. The Kier molecular flexibility index (Phi) is 8.12. The molecule has 0 aliphatic heterocycles. The van der Waals surface area contributed by atoms with E-state index in [2.05, 4.69) is 103 Å². The minimum atomic E-state index is 0.111. The summed E-state index contributed by atoms with van der Waals surface area (Å²) in [6.45, 7) is 13.6. The van der Waals surface area contributed by atoms with E-state index >= 15 is 0 Å². The van der Waals surface area contributed by atoms with Gasteiger partial charge in [-0.3, -0.25) is 9.98 Å². The quantitative estimate of drug-likeness (QED) is 0.207. The van der Waals surface area contributed by atoms with Crippen molar-refractivity contribution in [3.63, 3.8) is 0 Å². The highest BCUT2D eigenvalue weighted by molar-refractivity contribution is 5.95. The van der Waals surface area contributed by atoms with Gasteiger partial charge in [-0.25, -0.2) is 5.01 Å². The lowest BCUT2D eigenvalue weighted by Gasteiger charge is -2.18. The maximum absolute atomic E-state index is 5.55. The zero-order valence-corrected chi connectivity index (χ0v) is 20.3. The van der Waals surface area contributed by atoms with Gasteiger partial charge in [-0.1, -0.05) is 63.2 Å². The maximum Gasteiger partial charge on any atom is 0.122 e. The Morgan fingerprint density at radius 3 is 2.12 bits per heavy atom. The molecule has 0 saturated carbocycles. The van der Waals surface area contributed by atoms with Crippen molar-refractivity contribution in [2.45, 2.75) is 46.0 Å². The van der Waals surface area contributed by atoms with Gasteiger partial charge in [0.1, 0.15) is 5.84 Å². The Labute approximate surface area is 198 Å². The Morgan fingerprint density at radius 2 is 1.61 bits per heavy atom. The Bertz CT molecular complexity index is 1060. The molecule has 5 heteroatoms. The van der Waals surface area contributed by atoms with Gasteiger partial charge in [0.2, 0.25) is 0 Å². The largest absolute Gasteiger partial charge is 0.330 e. The zero-order valence-electron chi connectivity index (χ0n) is 20.3. The molecule has 0 atom stereocenters. The summed E-state index contributed by atoms with van der Waals surface area (Å²) in [6.07, 6.45) is 3.71. The molecule has 0 saturated heterocycles. The van der Waals surface area contributed by atoms with Crippen molar-refractivity contribution in [2.24, 2.45) is 15.8 Å². The lowest BCUT2D eigenvalue weighted by molar-refractivity contribution is 0.587. The third-order valence-corrected chi connectivity index (χ3v) is 5.62. The van der Waals surface area contributed by atoms with E-state index in [4.69, 9.17) is 5.73 Å². The highest BCUT2D eigenvalue weighted by atomic mass is 15.5. The topological polar surface area (TPSA) is 66.9 Å². The summed E-state index contributed by atoms with van der Waals surface area (Å²) in [5.74, 6) is 0.811. The number of benzene rings is 2. The van der Waals surface area contributed by atoms with Gasteiger partial charge in [-0.15, -0.1) is 0 Å². The summed E-state index contributed by atoms with van der Waals surface area (Å²) >= 11 is 0. The van der Waals surface area contributed by atoms with E-state index in [0.29, 0.717) is 13.1 Å². The van der Waals surface area contributed by atoms with Gasteiger partial charge in [-0.05, 0) is 66.6 Å². The van der Waals surface area contributed by atoms with E-state index in [1.54, 1.807) is 5.01 Å². The van der Waals surface area contributed by atoms with Crippen LogP contribution in [0.2, 0.25) is 0 Å². The second-order valence-corrected chi connectivity index (χ2v) is 9.25. The summed E-state index contributed by atoms with van der Waals surface area (Å²) in [5.41, 5.74) is 12.5. The molecule has 0 fully saturated rings. The normalized spacial score (nSPS) is 12.0. The highest BCUT2D eigenvalue weighted by Crippen LogP contribution is 2.25. The lowest BCUT2D eigenvalue weighted by atomic mass is 9.88. The van der Waals surface area contributed by atoms with E-state index in [1.165, 1.54) is 16.7 Å². The number of hydrogen-bond acceptors (Lipinski definition) is 4. The first-order valence-electron chi connectivity index (χ1n) is 11.4. The van der Waals surface area contributed by atoms with Crippen LogP contribution in [0.5, 0.6) is 0 Å². The molecular weight excluding hydrogens is 406 g/mol. The van der Waals surface area contributed by atoms with Crippen LogP contribution in [0, 0.1) is 0 Å². The highest BCUT2D eigenvalue weighted by Gasteiger charge is 2.14. The van der Waals surface area contributed by atoms with Gasteiger partial charge in [0.15, 0.2) is 0 Å². The molecule has 0 spiro atoms. The van der Waals surface area contributed by atoms with E-state index in [1.807, 2.05) is 13.1 Å². The molecule has 0 radical (unpaired) electrons. The first-order chi connectivity index (χ1) is 15.8. The van der Waals surface area contributed by atoms with Crippen molar-refractivity contribution in [3.05, 3.63) is 83.6 Å². The number of anilines is 1. The van der Waals surface area contributed by atoms with Gasteiger partial charge in [-0.2, -0.15) is 5.10 Å². The predicted molar refractivity (Wildman–Crippen MR) is 141 cm³/mol. The molecule has 2 aromatic carbocycles. The molecule has 33 heavy (non-hydrogen) atoms. The van der Waals surface area contributed by atoms with Crippen LogP contribution in [0.15, 0.2) is 77.0 Å². The zero-order chi connectivity index (χ0) is 23.8. The molecule has 3 rings (SSSR count). The van der Waals surface area contributed by atoms with Crippen LogP contribution in [0.1, 0.15) is 50.8 Å². The number of hydrogen-bond donors (Lipinski definition) is 1. The molecule has 2 N–H and O–H groups in total. The standard InChI is InChI=1S/C28H35N5/c1-21(31-18-6-17-29)33(30-5)26-14-9-23(10-15-26)19-22-7-11-24(12-8-22)27-16-13-25(20-32-27)28(2,3)4/h7-16,20H,5-6,17-19,29H2,1-4H3/b31-21-. The van der Waals surface area contributed by atoms with Gasteiger partial charge < -0.3 is 5.73 Å². The minimum Gasteiger partial charge on any atom is -0.330 e. The van der Waals surface area contributed by atoms with E-state index < -0.39 is 0 Å². The fraction of sp³-hybridized carbons (Fsp3) is 0.321. The van der Waals surface area contributed by atoms with Crippen molar-refractivity contribution >= 4 is 18.2 Å². The van der Waals surface area contributed by atoms with Gasteiger partial charge in [0.05, 0.1) is 11.4 Å². The fourth-order valence-corrected chi connectivity index (χ4v) is 3.56. The molecule has 0 aliphatic carbocycles. The summed E-state index contributed by atoms with van der Waals surface area (Å²) in [4.78, 5) is 9.19. The SMILES string of the molecule is C=NN(/C(C)=N\CCCN)c1ccc(Cc2ccc(-c3ccc(C(C)(C)C)cn3)cc2)cc1. The number of rotatable bonds is 8. The third-order valence-electron chi connectivity index (χ3n) is 5.62. The molecule has 3 aromatic rings. The summed E-state index contributed by atoms with van der Waals surface area (Å²) < 4.78 is 0. The Balaban J connectivity index is 1.66. The van der Waals surface area contributed by atoms with Crippen molar-refractivity contribution in [1.29, 1.82) is 0 Å². The second-order valence-electron chi connectivity index (χ2n) is 9.25. The maximum atomic E-state index is 5.55. The molecule has 0 amide bonds. The smallest absolute Gasteiger partial charge is 0.122 e. The fourth-order valence-electron chi connectivity index (χ4n) is 3.56. The number of nitrogens with zero attached hydrogens (tertiary/aromatic N) is 4. The molecule has 0 unspecified atom stereocenters. The number of amidine groups is 1.